The number of hydrogen-bond donors (Lipinski definition) is 4. The van der Waals surface area contributed by atoms with Crippen molar-refractivity contribution in [1.82, 2.24) is 19.5 Å². The lowest BCUT2D eigenvalue weighted by Crippen LogP contribution is -2.36. The molecule has 0 amide bonds. The van der Waals surface area contributed by atoms with E-state index in [0.29, 0.717) is 0 Å². The van der Waals surface area contributed by atoms with E-state index in [0.717, 1.165) is 0 Å². The Labute approximate surface area is 186 Å². The Balaban J connectivity index is 1.81. The van der Waals surface area contributed by atoms with E-state index in [2.05, 4.69) is 19.7 Å². The van der Waals surface area contributed by atoms with Gasteiger partial charge >= 0.3 is 13.6 Å². The number of fused-ring (bicyclic) bond motifs is 1. The molecule has 0 bridgehead atoms. The summed E-state index contributed by atoms with van der Waals surface area (Å²) in [5, 5.41) is 20.7. The van der Waals surface area contributed by atoms with Gasteiger partial charge in [-0.2, -0.15) is 9.97 Å². The summed E-state index contributed by atoms with van der Waals surface area (Å²) in [6.07, 6.45) is -4.21. The number of hydrogen-bond acceptors (Lipinski definition) is 11. The smallest absolute Gasteiger partial charge is 0.365 e. The van der Waals surface area contributed by atoms with E-state index in [9.17, 15) is 29.4 Å². The monoisotopic (exact) mass is 496 g/mol. The Morgan fingerprint density at radius 1 is 1.28 bits per heavy atom. The number of imidazole rings is 1. The third-order valence-electron chi connectivity index (χ3n) is 4.47. The molecule has 1 aliphatic heterocycles. The quantitative estimate of drug-likeness (QED) is 0.198. The second-order valence-corrected chi connectivity index (χ2v) is 8.61. The minimum Gasteiger partial charge on any atom is -0.476 e. The number of esters is 1. The predicted molar refractivity (Wildman–Crippen MR) is 106 cm³/mol. The first kappa shape index (κ1) is 24.7. The maximum atomic E-state index is 11.8. The zero-order valence-corrected chi connectivity index (χ0v) is 18.6. The lowest BCUT2D eigenvalue weighted by atomic mass is 10.1. The fourth-order valence-electron chi connectivity index (χ4n) is 3.09. The molecule has 16 heteroatoms. The molecule has 3 rings (SSSR count). The van der Waals surface area contributed by atoms with Crippen LogP contribution in [0.15, 0.2) is 6.33 Å². The lowest BCUT2D eigenvalue weighted by Gasteiger charge is -2.20. The van der Waals surface area contributed by atoms with Gasteiger partial charge in [0.2, 0.25) is 11.2 Å². The zero-order chi connectivity index (χ0) is 23.6. The van der Waals surface area contributed by atoms with E-state index in [1.807, 2.05) is 0 Å². The molecule has 14 nitrogen and oxygen atoms in total. The van der Waals surface area contributed by atoms with Gasteiger partial charge in [0.1, 0.15) is 18.3 Å². The van der Waals surface area contributed by atoms with Crippen molar-refractivity contribution >= 4 is 36.3 Å². The summed E-state index contributed by atoms with van der Waals surface area (Å²) >= 11 is 5.94. The number of aromatic nitrogens is 4. The van der Waals surface area contributed by atoms with E-state index < -0.39 is 50.6 Å². The first-order valence-electron chi connectivity index (χ1n) is 9.46. The molecule has 4 N–H and O–H groups in total. The molecular formula is C16H22ClN4O10P. The molecule has 0 radical (unpaired) electrons. The van der Waals surface area contributed by atoms with E-state index >= 15 is 0 Å². The van der Waals surface area contributed by atoms with Crippen LogP contribution in [-0.2, 0) is 23.6 Å². The molecule has 2 aromatic heterocycles. The highest BCUT2D eigenvalue weighted by atomic mass is 35.5. The summed E-state index contributed by atoms with van der Waals surface area (Å²) < 4.78 is 33.5. The van der Waals surface area contributed by atoms with Crippen LogP contribution in [0.2, 0.25) is 5.28 Å². The van der Waals surface area contributed by atoms with Gasteiger partial charge in [0.15, 0.2) is 17.4 Å². The Morgan fingerprint density at radius 2 is 2.00 bits per heavy atom. The average Bonchev–Trinajstić information content (AvgIpc) is 3.23. The number of carbonyl (C=O) groups is 1. The summed E-state index contributed by atoms with van der Waals surface area (Å²) in [5.74, 6) is -3.35. The van der Waals surface area contributed by atoms with Gasteiger partial charge in [0.05, 0.1) is 26.1 Å². The minimum absolute atomic E-state index is 0.119. The molecule has 1 saturated heterocycles. The van der Waals surface area contributed by atoms with Gasteiger partial charge < -0.3 is 38.9 Å². The van der Waals surface area contributed by atoms with Gasteiger partial charge in [-0.05, 0) is 25.4 Å². The van der Waals surface area contributed by atoms with Crippen molar-refractivity contribution in [3.05, 3.63) is 11.6 Å². The third kappa shape index (κ3) is 5.02. The first-order chi connectivity index (χ1) is 15.1. The maximum absolute atomic E-state index is 11.8. The van der Waals surface area contributed by atoms with Gasteiger partial charge in [0, 0.05) is 0 Å². The molecule has 2 aromatic rings. The van der Waals surface area contributed by atoms with Gasteiger partial charge in [-0.3, -0.25) is 9.13 Å². The number of ether oxygens (including phenoxy) is 4. The van der Waals surface area contributed by atoms with Crippen LogP contribution >= 0.6 is 19.2 Å². The molecule has 178 valence electrons. The van der Waals surface area contributed by atoms with Crippen LogP contribution < -0.4 is 4.74 Å². The third-order valence-corrected chi connectivity index (χ3v) is 5.61. The number of halogens is 1. The minimum atomic E-state index is -5.02. The molecule has 0 saturated carbocycles. The highest BCUT2D eigenvalue weighted by molar-refractivity contribution is 7.53. The standard InChI is InChI=1S/C16H22ClN4O10P/c1-3-28-12-8-11(19-16(17)20-12)21(6-18-8)13-10(23)9(22)7(31-13)5-30-15(32(25,26)27)14(24)29-4-2/h6-7,9-10,13,15,22-23H,3-5H2,1-2H3,(H2,25,26,27). The van der Waals surface area contributed by atoms with Crippen LogP contribution in [0.25, 0.3) is 11.2 Å². The van der Waals surface area contributed by atoms with Crippen LogP contribution in [0.1, 0.15) is 20.1 Å². The molecule has 5 unspecified atom stereocenters. The van der Waals surface area contributed by atoms with Crippen molar-refractivity contribution in [2.45, 2.75) is 44.2 Å². The Morgan fingerprint density at radius 3 is 2.62 bits per heavy atom. The zero-order valence-electron chi connectivity index (χ0n) is 16.9. The number of aliphatic hydroxyl groups is 2. The number of carbonyl (C=O) groups excluding carboxylic acids is 1. The number of aliphatic hydroxyl groups excluding tert-OH is 2. The van der Waals surface area contributed by atoms with E-state index in [-0.39, 0.29) is 35.5 Å². The van der Waals surface area contributed by atoms with Crippen molar-refractivity contribution in [3.63, 3.8) is 0 Å². The summed E-state index contributed by atoms with van der Waals surface area (Å²) in [7, 11) is -5.02. The second-order valence-electron chi connectivity index (χ2n) is 6.63. The van der Waals surface area contributed by atoms with Crippen molar-refractivity contribution in [2.75, 3.05) is 19.8 Å². The molecule has 0 aromatic carbocycles. The van der Waals surface area contributed by atoms with E-state index in [1.54, 1.807) is 6.92 Å². The van der Waals surface area contributed by atoms with Crippen molar-refractivity contribution in [3.8, 4) is 5.88 Å². The van der Waals surface area contributed by atoms with Gasteiger partial charge in [-0.15, -0.1) is 0 Å². The van der Waals surface area contributed by atoms with Gasteiger partial charge in [-0.1, -0.05) is 0 Å². The largest absolute Gasteiger partial charge is 0.476 e. The highest BCUT2D eigenvalue weighted by Crippen LogP contribution is 2.43. The summed E-state index contributed by atoms with van der Waals surface area (Å²) in [5.41, 5.74) is 0.399. The lowest BCUT2D eigenvalue weighted by molar-refractivity contribution is -0.155. The molecule has 1 aliphatic rings. The van der Waals surface area contributed by atoms with Gasteiger partial charge in [-0.25, -0.2) is 9.78 Å². The van der Waals surface area contributed by atoms with Crippen molar-refractivity contribution in [1.29, 1.82) is 0 Å². The SMILES string of the molecule is CCOC(=O)C(OCC1OC(n2cnc3c(OCC)nc(Cl)nc32)C(O)C1O)P(=O)(O)O. The highest BCUT2D eigenvalue weighted by Gasteiger charge is 2.46. The molecule has 3 heterocycles. The van der Waals surface area contributed by atoms with E-state index in [1.165, 1.54) is 17.8 Å². The Hall–Kier alpha value is -1.90. The van der Waals surface area contributed by atoms with Gasteiger partial charge in [0.25, 0.3) is 5.85 Å². The summed E-state index contributed by atoms with van der Waals surface area (Å²) in [6.45, 7) is 2.74. The Kier molecular flexibility index (Phi) is 7.68. The molecule has 32 heavy (non-hydrogen) atoms. The van der Waals surface area contributed by atoms with Crippen molar-refractivity contribution in [2.24, 2.45) is 0 Å². The summed E-state index contributed by atoms with van der Waals surface area (Å²) in [4.78, 5) is 42.7. The van der Waals surface area contributed by atoms with Crippen molar-refractivity contribution < 1.29 is 48.3 Å². The molecule has 5 atom stereocenters. The van der Waals surface area contributed by atoms with E-state index in [4.69, 9.17) is 25.8 Å². The van der Waals surface area contributed by atoms with Crippen LogP contribution in [0.4, 0.5) is 0 Å². The van der Waals surface area contributed by atoms with Crippen LogP contribution in [0.3, 0.4) is 0 Å². The maximum Gasteiger partial charge on any atom is 0.365 e. The van der Waals surface area contributed by atoms with Crippen LogP contribution in [-0.4, -0.2) is 89.5 Å². The van der Waals surface area contributed by atoms with Crippen LogP contribution in [0, 0.1) is 0 Å². The molecular weight excluding hydrogens is 475 g/mol. The molecule has 0 spiro atoms. The number of rotatable bonds is 9. The average molecular weight is 497 g/mol. The number of nitrogens with zero attached hydrogens (tertiary/aromatic N) is 4. The fraction of sp³-hybridized carbons (Fsp3) is 0.625. The predicted octanol–water partition coefficient (Wildman–Crippen LogP) is -0.419. The van der Waals surface area contributed by atoms with Crippen LogP contribution in [0.5, 0.6) is 5.88 Å². The normalized spacial score (nSPS) is 24.6. The fourth-order valence-corrected chi connectivity index (χ4v) is 3.87. The first-order valence-corrected chi connectivity index (χ1v) is 11.5. The summed E-state index contributed by atoms with van der Waals surface area (Å²) in [6, 6.07) is 0. The molecule has 1 fully saturated rings. The topological polar surface area (TPSA) is 196 Å². The molecule has 0 aliphatic carbocycles. The second kappa shape index (κ2) is 9.93. The Bertz CT molecular complexity index is 1020.